The van der Waals surface area contributed by atoms with Crippen molar-refractivity contribution in [3.05, 3.63) is 220 Å². The van der Waals surface area contributed by atoms with E-state index in [-0.39, 0.29) is 64.9 Å². The number of hydrogen-bond donors (Lipinski definition) is 3. The van der Waals surface area contributed by atoms with Gasteiger partial charge in [-0.05, 0) is 182 Å². The van der Waals surface area contributed by atoms with Crippen LogP contribution in [0.1, 0.15) is 50.9 Å². The summed E-state index contributed by atoms with van der Waals surface area (Å²) >= 11 is 9.78. The molecule has 3 atom stereocenters. The maximum Gasteiger partial charge on any atom is 0.263 e. The van der Waals surface area contributed by atoms with E-state index in [1.54, 1.807) is 79.5 Å². The molecule has 3 saturated heterocycles. The number of halogens is 2. The number of thiazole rings is 3. The Balaban J connectivity index is 0.000000194. The first-order valence-corrected chi connectivity index (χ1v) is 39.4. The number of fused-ring (bicyclic) bond motifs is 3. The molecule has 0 radical (unpaired) electrons. The van der Waals surface area contributed by atoms with Crippen molar-refractivity contribution in [2.24, 2.45) is 0 Å². The average Bonchev–Trinajstić information content (AvgIpc) is 1.64. The predicted molar refractivity (Wildman–Crippen MR) is 401 cm³/mol. The van der Waals surface area contributed by atoms with Crippen LogP contribution in [0.2, 0.25) is 5.02 Å². The molecule has 21 nitrogen and oxygen atoms in total. The van der Waals surface area contributed by atoms with Crippen molar-refractivity contribution >= 4 is 143 Å². The average molecular weight is 1480 g/mol. The number of carbonyl (C=O) groups is 3. The Morgan fingerprint density at radius 1 is 0.444 bits per heavy atom. The van der Waals surface area contributed by atoms with Crippen LogP contribution >= 0.6 is 45.6 Å². The summed E-state index contributed by atoms with van der Waals surface area (Å²) in [4.78, 5) is 63.7. The number of amides is 3. The van der Waals surface area contributed by atoms with E-state index in [1.165, 1.54) is 117 Å². The quantitative estimate of drug-likeness (QED) is 0.0814. The number of carbonyl (C=O) groups excluding carboxylic acids is 3. The Bertz CT molecular complexity index is 5010. The van der Waals surface area contributed by atoms with Gasteiger partial charge in [0.2, 0.25) is 17.7 Å². The van der Waals surface area contributed by atoms with Gasteiger partial charge >= 0.3 is 0 Å². The summed E-state index contributed by atoms with van der Waals surface area (Å²) in [6.07, 6.45) is 10.3. The van der Waals surface area contributed by atoms with E-state index in [4.69, 9.17) is 11.6 Å². The van der Waals surface area contributed by atoms with Crippen LogP contribution < -0.4 is 43.6 Å². The molecule has 3 fully saturated rings. The van der Waals surface area contributed by atoms with Crippen molar-refractivity contribution in [3.8, 4) is 11.1 Å². The molecule has 16 rings (SSSR count). The molecule has 0 unspecified atom stereocenters. The lowest BCUT2D eigenvalue weighted by Crippen LogP contribution is -2.44. The Morgan fingerprint density at radius 2 is 0.899 bits per heavy atom. The summed E-state index contributed by atoms with van der Waals surface area (Å²) in [7, 11) is -11.2. The lowest BCUT2D eigenvalue weighted by molar-refractivity contribution is -0.119. The highest BCUT2D eigenvalue weighted by Crippen LogP contribution is 2.41. The van der Waals surface area contributed by atoms with E-state index in [0.717, 1.165) is 67.8 Å². The van der Waals surface area contributed by atoms with Gasteiger partial charge in [0.15, 0.2) is 15.4 Å². The Morgan fingerprint density at radius 3 is 1.36 bits per heavy atom. The van der Waals surface area contributed by atoms with Crippen LogP contribution in [0.15, 0.2) is 207 Å². The van der Waals surface area contributed by atoms with Gasteiger partial charge in [-0.15, -0.1) is 34.0 Å². The van der Waals surface area contributed by atoms with Gasteiger partial charge in [-0.1, -0.05) is 60.1 Å². The Hall–Kier alpha value is -9.29. The fourth-order valence-corrected chi connectivity index (χ4v) is 19.2. The van der Waals surface area contributed by atoms with Gasteiger partial charge in [0.1, 0.15) is 23.9 Å². The van der Waals surface area contributed by atoms with Crippen molar-refractivity contribution in [1.29, 1.82) is 0 Å². The van der Waals surface area contributed by atoms with E-state index in [1.807, 2.05) is 41.3 Å². The zero-order valence-electron chi connectivity index (χ0n) is 52.8. The van der Waals surface area contributed by atoms with E-state index in [0.29, 0.717) is 76.5 Å². The maximum absolute atomic E-state index is 13.7. The second-order valence-corrected chi connectivity index (χ2v) is 32.3. The molecule has 520 valence electrons. The molecule has 29 heteroatoms. The summed E-state index contributed by atoms with van der Waals surface area (Å²) in [5, 5.41) is 6.73. The molecule has 0 spiro atoms. The lowest BCUT2D eigenvalue weighted by atomic mass is 9.98. The highest BCUT2D eigenvalue weighted by atomic mass is 35.5. The van der Waals surface area contributed by atoms with Crippen molar-refractivity contribution < 1.29 is 52.6 Å². The molecule has 0 aliphatic carbocycles. The SMILES string of the molecule is O=C1[C@@H](N2CCCc3cc(Cl)ccc32)CCN1c1ccc(S(=O)(=O)Nc2nccs2)cc1.O=C1[C@@H](N2CCc3ccc(F)cc32)CCN1c1ccc(S(=O)(=O)Nc2nccs2)cc1.O=C1[C@H](N2CCc3c(-c4ccccc4)cccc32)CCN1c1ccc(S(=O)(=O)Nc2nccs2)cc1.[HH].[HH].[HH].[HH].[HH].[HH]. The minimum absolute atomic E-state index is 0. The number of sulfonamides is 3. The van der Waals surface area contributed by atoms with E-state index in [2.05, 4.69) is 69.2 Å². The number of nitrogens with zero attached hydrogens (tertiary/aromatic N) is 9. The van der Waals surface area contributed by atoms with Crippen molar-refractivity contribution in [1.82, 2.24) is 15.0 Å². The topological polar surface area (TPSA) is 248 Å². The van der Waals surface area contributed by atoms with Crippen molar-refractivity contribution in [2.75, 3.05) is 82.8 Å². The summed E-state index contributed by atoms with van der Waals surface area (Å²) in [6, 6.07) is 45.5. The third-order valence-electron chi connectivity index (χ3n) is 18.3. The molecule has 0 bridgehead atoms. The van der Waals surface area contributed by atoms with Gasteiger partial charge in [0.25, 0.3) is 30.1 Å². The minimum Gasteiger partial charge on any atom is -0.359 e. The number of hydrogen-bond acceptors (Lipinski definition) is 18. The first-order chi connectivity index (χ1) is 47.9. The fraction of sp³-hybridized carbons (Fsp3) is 0.229. The fourth-order valence-electron chi connectivity index (χ4n) is 13.7. The van der Waals surface area contributed by atoms with Crippen LogP contribution in [0, 0.1) is 5.82 Å². The van der Waals surface area contributed by atoms with Crippen LogP contribution in [-0.4, -0.2) is 115 Å². The highest BCUT2D eigenvalue weighted by molar-refractivity contribution is 7.93. The third kappa shape index (κ3) is 14.1. The van der Waals surface area contributed by atoms with Crippen molar-refractivity contribution in [3.63, 3.8) is 0 Å². The molecule has 3 N–H and O–H groups in total. The molecular weight excluding hydrogens is 1400 g/mol. The number of rotatable bonds is 16. The number of nitrogens with one attached hydrogen (secondary N) is 3. The number of aromatic nitrogens is 3. The van der Waals surface area contributed by atoms with Crippen LogP contribution in [0.25, 0.3) is 11.1 Å². The monoisotopic (exact) mass is 1470 g/mol. The largest absolute Gasteiger partial charge is 0.359 e. The Labute approximate surface area is 598 Å². The molecule has 99 heavy (non-hydrogen) atoms. The molecule has 6 aliphatic rings. The zero-order chi connectivity index (χ0) is 68.6. The second kappa shape index (κ2) is 28.1. The first-order valence-electron chi connectivity index (χ1n) is 31.9. The van der Waals surface area contributed by atoms with Gasteiger partial charge < -0.3 is 29.4 Å². The molecular formula is C70H76ClFN12O9S6. The Kier molecular flexibility index (Phi) is 19.0. The van der Waals surface area contributed by atoms with Crippen LogP contribution in [0.5, 0.6) is 0 Å². The molecule has 9 heterocycles. The van der Waals surface area contributed by atoms with Crippen LogP contribution in [0.4, 0.5) is 53.9 Å². The third-order valence-corrected chi connectivity index (χ3v) is 25.1. The number of benzene rings is 7. The molecule has 0 saturated carbocycles. The van der Waals surface area contributed by atoms with Gasteiger partial charge in [0, 0.05) is 122 Å². The second-order valence-electron chi connectivity index (χ2n) is 24.1. The standard InChI is InChI=1S/C27H24N4O3S2.C22H21ClN4O3S2.C21H19FN4O3S2.6H2/c32-26-25(31-16-13-23-22(7-4-8-24(23)31)19-5-2-1-3-6-19)14-17-30(26)20-9-11-21(12-10-20)36(33,34)29-27-28-15-18-35-27;23-16-3-8-19-15(14-16)2-1-11-27(19)20-9-12-26(21(20)28)17-4-6-18(7-5-17)32(29,30)25-22-24-10-13-31-22;22-15-2-1-14-7-10-26(19(14)13-15)18-8-11-25(20(18)27)16-3-5-17(6-4-16)31(28,29)24-21-23-9-12-30-21;;;;;;/h1-12,15,18,25H,13-14,16-17H2,(H,28,29);3-8,10,13-14,20H,1-2,9,11-12H2,(H,24,25);1-6,9,12-13,18H,7-8,10-11H2,(H,23,24);6*1H/t25-;20-;18-;;;;;;/m100....../s1. The number of anilines is 9. The van der Waals surface area contributed by atoms with Gasteiger partial charge in [-0.3, -0.25) is 28.5 Å². The predicted octanol–water partition coefficient (Wildman–Crippen LogP) is 13.7. The van der Waals surface area contributed by atoms with E-state index < -0.39 is 30.1 Å². The maximum atomic E-state index is 13.7. The minimum atomic E-state index is -3.75. The lowest BCUT2D eigenvalue weighted by Gasteiger charge is -2.35. The smallest absolute Gasteiger partial charge is 0.263 e. The van der Waals surface area contributed by atoms with Crippen LogP contribution in [-0.2, 0) is 63.7 Å². The summed E-state index contributed by atoms with van der Waals surface area (Å²) in [6.45, 7) is 4.03. The molecule has 3 aromatic heterocycles. The summed E-state index contributed by atoms with van der Waals surface area (Å²) in [5.74, 6) is -0.293. The van der Waals surface area contributed by atoms with Gasteiger partial charge in [0.05, 0.1) is 14.7 Å². The number of aryl methyl sites for hydroxylation is 1. The zero-order valence-corrected chi connectivity index (χ0v) is 58.5. The normalized spacial score (nSPS) is 18.2. The van der Waals surface area contributed by atoms with E-state index in [9.17, 15) is 44.0 Å². The van der Waals surface area contributed by atoms with Gasteiger partial charge in [-0.2, -0.15) is 0 Å². The van der Waals surface area contributed by atoms with E-state index >= 15 is 0 Å². The van der Waals surface area contributed by atoms with Gasteiger partial charge in [-0.25, -0.2) is 44.6 Å². The molecule has 7 aromatic carbocycles. The van der Waals surface area contributed by atoms with Crippen molar-refractivity contribution in [2.45, 2.75) is 77.8 Å². The summed E-state index contributed by atoms with van der Waals surface area (Å²) in [5.41, 5.74) is 11.0. The molecule has 6 aliphatic heterocycles. The molecule has 3 amide bonds. The molecule has 10 aromatic rings. The van der Waals surface area contributed by atoms with Crippen LogP contribution in [0.3, 0.4) is 0 Å². The first kappa shape index (κ1) is 66.9. The summed E-state index contributed by atoms with van der Waals surface area (Å²) < 4.78 is 96.5. The highest BCUT2D eigenvalue weighted by Gasteiger charge is 2.42.